The summed E-state index contributed by atoms with van der Waals surface area (Å²) in [6.45, 7) is 8.02. The van der Waals surface area contributed by atoms with Crippen molar-refractivity contribution in [1.29, 1.82) is 0 Å². The molecule has 2 heteroatoms. The van der Waals surface area contributed by atoms with Crippen LogP contribution in [0.25, 0.3) is 10.9 Å². The van der Waals surface area contributed by atoms with Crippen LogP contribution in [0.15, 0.2) is 24.3 Å². The second kappa shape index (κ2) is 3.88. The van der Waals surface area contributed by atoms with Gasteiger partial charge in [-0.05, 0) is 38.4 Å². The van der Waals surface area contributed by atoms with Gasteiger partial charge in [-0.3, -0.25) is 4.90 Å². The molecule has 90 valence electrons. The van der Waals surface area contributed by atoms with Crippen LogP contribution in [0, 0.1) is 0 Å². The number of benzene rings is 1. The van der Waals surface area contributed by atoms with Crippen LogP contribution in [0.2, 0.25) is 0 Å². The third kappa shape index (κ3) is 1.51. The molecule has 3 rings (SSSR count). The molecule has 1 aromatic carbocycles. The lowest BCUT2D eigenvalue weighted by Gasteiger charge is -2.38. The summed E-state index contributed by atoms with van der Waals surface area (Å²) in [4.78, 5) is 6.18. The molecule has 2 atom stereocenters. The standard InChI is InChI=1S/C15H20N2/c1-4-17-10(2)9-13-12-7-5-6-8-14(12)16-15(13)11(17)3/h5-8,10-11,16H,4,9H2,1-3H3. The molecule has 0 radical (unpaired) electrons. The van der Waals surface area contributed by atoms with Crippen molar-refractivity contribution in [2.24, 2.45) is 0 Å². The molecule has 2 nitrogen and oxygen atoms in total. The van der Waals surface area contributed by atoms with Crippen molar-refractivity contribution in [3.05, 3.63) is 35.5 Å². The number of fused-ring (bicyclic) bond motifs is 3. The van der Waals surface area contributed by atoms with Crippen LogP contribution in [0.5, 0.6) is 0 Å². The summed E-state index contributed by atoms with van der Waals surface area (Å²) in [5.41, 5.74) is 4.24. The fourth-order valence-corrected chi connectivity index (χ4v) is 3.34. The maximum Gasteiger partial charge on any atom is 0.0476 e. The average molecular weight is 228 g/mol. The molecule has 0 saturated carbocycles. The molecule has 0 fully saturated rings. The van der Waals surface area contributed by atoms with Crippen molar-refractivity contribution < 1.29 is 0 Å². The Morgan fingerprint density at radius 2 is 2.06 bits per heavy atom. The van der Waals surface area contributed by atoms with Crippen LogP contribution >= 0.6 is 0 Å². The summed E-state index contributed by atoms with van der Waals surface area (Å²) in [5, 5.41) is 1.41. The monoisotopic (exact) mass is 228 g/mol. The molecular weight excluding hydrogens is 208 g/mol. The van der Waals surface area contributed by atoms with E-state index in [1.807, 2.05) is 0 Å². The Labute approximate surface area is 103 Å². The van der Waals surface area contributed by atoms with Crippen LogP contribution in [-0.4, -0.2) is 22.5 Å². The lowest BCUT2D eigenvalue weighted by molar-refractivity contribution is 0.145. The van der Waals surface area contributed by atoms with Crippen LogP contribution in [0.1, 0.15) is 38.1 Å². The van der Waals surface area contributed by atoms with Gasteiger partial charge in [-0.15, -0.1) is 0 Å². The molecule has 2 aromatic rings. The Balaban J connectivity index is 2.19. The van der Waals surface area contributed by atoms with Crippen LogP contribution in [-0.2, 0) is 6.42 Å². The molecule has 2 unspecified atom stereocenters. The van der Waals surface area contributed by atoms with Crippen molar-refractivity contribution >= 4 is 10.9 Å². The van der Waals surface area contributed by atoms with Gasteiger partial charge in [-0.1, -0.05) is 25.1 Å². The van der Waals surface area contributed by atoms with E-state index in [1.54, 1.807) is 0 Å². The molecule has 0 aliphatic carbocycles. The van der Waals surface area contributed by atoms with Crippen LogP contribution in [0.4, 0.5) is 0 Å². The number of rotatable bonds is 1. The van der Waals surface area contributed by atoms with E-state index >= 15 is 0 Å². The number of aromatic nitrogens is 1. The lowest BCUT2D eigenvalue weighted by atomic mass is 9.93. The normalized spacial score (nSPS) is 25.1. The summed E-state index contributed by atoms with van der Waals surface area (Å²) in [6.07, 6.45) is 1.16. The van der Waals surface area contributed by atoms with Crippen LogP contribution in [0.3, 0.4) is 0 Å². The SMILES string of the molecule is CCN1C(C)Cc2c([nH]c3ccccc23)C1C. The molecule has 0 bridgehead atoms. The zero-order valence-electron chi connectivity index (χ0n) is 10.8. The first-order valence-electron chi connectivity index (χ1n) is 6.57. The molecule has 0 saturated heterocycles. The number of nitrogens with one attached hydrogen (secondary N) is 1. The predicted molar refractivity (Wildman–Crippen MR) is 72.3 cm³/mol. The first-order chi connectivity index (χ1) is 8.22. The van der Waals surface area contributed by atoms with Gasteiger partial charge in [0.15, 0.2) is 0 Å². The molecular formula is C15H20N2. The number of hydrogen-bond donors (Lipinski definition) is 1. The second-order valence-electron chi connectivity index (χ2n) is 5.12. The highest BCUT2D eigenvalue weighted by molar-refractivity contribution is 5.85. The number of hydrogen-bond acceptors (Lipinski definition) is 1. The van der Waals surface area contributed by atoms with Gasteiger partial charge < -0.3 is 4.98 Å². The van der Waals surface area contributed by atoms with Gasteiger partial charge in [-0.25, -0.2) is 0 Å². The zero-order chi connectivity index (χ0) is 12.0. The minimum atomic E-state index is 0.506. The Bertz CT molecular complexity index is 541. The largest absolute Gasteiger partial charge is 0.357 e. The molecule has 1 aliphatic rings. The van der Waals surface area contributed by atoms with Gasteiger partial charge in [-0.2, -0.15) is 0 Å². The Morgan fingerprint density at radius 3 is 2.82 bits per heavy atom. The highest BCUT2D eigenvalue weighted by atomic mass is 15.2. The smallest absolute Gasteiger partial charge is 0.0476 e. The molecule has 0 spiro atoms. The summed E-state index contributed by atoms with van der Waals surface area (Å²) in [6, 6.07) is 9.81. The number of nitrogens with zero attached hydrogens (tertiary/aromatic N) is 1. The predicted octanol–water partition coefficient (Wildman–Crippen LogP) is 3.50. The Kier molecular flexibility index (Phi) is 2.48. The van der Waals surface area contributed by atoms with E-state index in [9.17, 15) is 0 Å². The van der Waals surface area contributed by atoms with Crippen molar-refractivity contribution in [1.82, 2.24) is 9.88 Å². The molecule has 0 amide bonds. The third-order valence-corrected chi connectivity index (χ3v) is 4.19. The van der Waals surface area contributed by atoms with Crippen molar-refractivity contribution in [2.75, 3.05) is 6.54 Å². The van der Waals surface area contributed by atoms with E-state index < -0.39 is 0 Å². The molecule has 1 aromatic heterocycles. The molecule has 2 heterocycles. The summed E-state index contributed by atoms with van der Waals surface area (Å²) < 4.78 is 0. The van der Waals surface area contributed by atoms with E-state index in [4.69, 9.17) is 0 Å². The second-order valence-corrected chi connectivity index (χ2v) is 5.12. The molecule has 1 N–H and O–H groups in total. The quantitative estimate of drug-likeness (QED) is 0.791. The fourth-order valence-electron chi connectivity index (χ4n) is 3.34. The minimum Gasteiger partial charge on any atom is -0.357 e. The van der Waals surface area contributed by atoms with Gasteiger partial charge in [0.1, 0.15) is 0 Å². The maximum absolute atomic E-state index is 3.61. The summed E-state index contributed by atoms with van der Waals surface area (Å²) in [7, 11) is 0. The molecule has 1 aliphatic heterocycles. The Hall–Kier alpha value is -1.28. The number of likely N-dealkylation sites (N-methyl/N-ethyl adjacent to an activating group) is 1. The topological polar surface area (TPSA) is 19.0 Å². The lowest BCUT2D eigenvalue weighted by Crippen LogP contribution is -2.40. The van der Waals surface area contributed by atoms with Crippen molar-refractivity contribution in [3.63, 3.8) is 0 Å². The van der Waals surface area contributed by atoms with E-state index in [-0.39, 0.29) is 0 Å². The number of aromatic amines is 1. The van der Waals surface area contributed by atoms with Gasteiger partial charge in [0.05, 0.1) is 0 Å². The highest BCUT2D eigenvalue weighted by Gasteiger charge is 2.30. The van der Waals surface area contributed by atoms with Gasteiger partial charge >= 0.3 is 0 Å². The van der Waals surface area contributed by atoms with Gasteiger partial charge in [0.25, 0.3) is 0 Å². The summed E-state index contributed by atoms with van der Waals surface area (Å²) >= 11 is 0. The Morgan fingerprint density at radius 1 is 1.29 bits per heavy atom. The maximum atomic E-state index is 3.61. The van der Waals surface area contributed by atoms with Crippen molar-refractivity contribution in [3.8, 4) is 0 Å². The van der Waals surface area contributed by atoms with E-state index in [0.29, 0.717) is 12.1 Å². The first-order valence-corrected chi connectivity index (χ1v) is 6.57. The van der Waals surface area contributed by atoms with Gasteiger partial charge in [0, 0.05) is 28.7 Å². The third-order valence-electron chi connectivity index (χ3n) is 4.19. The van der Waals surface area contributed by atoms with E-state index in [2.05, 4.69) is 54.9 Å². The van der Waals surface area contributed by atoms with Crippen molar-refractivity contribution in [2.45, 2.75) is 39.3 Å². The number of para-hydroxylation sites is 1. The van der Waals surface area contributed by atoms with E-state index in [0.717, 1.165) is 13.0 Å². The highest BCUT2D eigenvalue weighted by Crippen LogP contribution is 2.36. The first kappa shape index (κ1) is 10.8. The number of H-pyrrole nitrogens is 1. The zero-order valence-corrected chi connectivity index (χ0v) is 10.8. The summed E-state index contributed by atoms with van der Waals surface area (Å²) in [5.74, 6) is 0. The minimum absolute atomic E-state index is 0.506. The fraction of sp³-hybridized carbons (Fsp3) is 0.467. The van der Waals surface area contributed by atoms with Crippen LogP contribution < -0.4 is 0 Å². The van der Waals surface area contributed by atoms with Gasteiger partial charge in [0.2, 0.25) is 0 Å². The average Bonchev–Trinajstić information content (AvgIpc) is 2.69. The molecule has 17 heavy (non-hydrogen) atoms. The van der Waals surface area contributed by atoms with E-state index in [1.165, 1.54) is 22.2 Å².